The maximum absolute atomic E-state index is 12.9. The van der Waals surface area contributed by atoms with Crippen LogP contribution in [0.15, 0.2) is 0 Å². The number of aliphatic hydroxyl groups excluding tert-OH is 1. The Hall–Kier alpha value is -0.610. The molecule has 10 atom stereocenters. The number of carbonyl (C=O) groups is 1. The minimum atomic E-state index is -0.606. The van der Waals surface area contributed by atoms with Crippen molar-refractivity contribution in [1.29, 1.82) is 0 Å². The standard InChI is InChI=1S/C30H48O4/c1-24(2)12-14-29(23(32)33)15-13-28(7)27(6)11-8-18-25(3,4)21(31)9-10-26(18,5)19(27)16-22-30(28,34-22)20(29)17-24/h18-22,31H,8-17H2,1-7H3,(H,32,33)/t18?,19?,20-,21+,22?,26+,27-,28?,29+,30?/m1/s1. The fourth-order valence-corrected chi connectivity index (χ4v) is 11.8. The molecule has 5 saturated carbocycles. The second-order valence-electron chi connectivity index (χ2n) is 15.8. The smallest absolute Gasteiger partial charge is 0.310 e. The van der Waals surface area contributed by atoms with Crippen LogP contribution in [-0.2, 0) is 9.53 Å². The molecular formula is C30H48O4. The van der Waals surface area contributed by atoms with Crippen molar-refractivity contribution in [1.82, 2.24) is 0 Å². The molecule has 6 fully saturated rings. The zero-order valence-electron chi connectivity index (χ0n) is 22.7. The number of rotatable bonds is 1. The summed E-state index contributed by atoms with van der Waals surface area (Å²) in [7, 11) is 0. The summed E-state index contributed by atoms with van der Waals surface area (Å²) in [5, 5.41) is 21.5. The molecule has 192 valence electrons. The van der Waals surface area contributed by atoms with Gasteiger partial charge < -0.3 is 14.9 Å². The van der Waals surface area contributed by atoms with Gasteiger partial charge in [-0.1, -0.05) is 48.5 Å². The Balaban J connectivity index is 1.45. The Bertz CT molecular complexity index is 925. The zero-order chi connectivity index (χ0) is 24.7. The van der Waals surface area contributed by atoms with E-state index in [0.717, 1.165) is 51.4 Å². The van der Waals surface area contributed by atoms with Crippen LogP contribution in [0.5, 0.6) is 0 Å². The highest BCUT2D eigenvalue weighted by atomic mass is 16.6. The van der Waals surface area contributed by atoms with Crippen molar-refractivity contribution in [2.24, 2.45) is 50.2 Å². The van der Waals surface area contributed by atoms with Gasteiger partial charge in [-0.3, -0.25) is 4.79 Å². The number of hydrogen-bond acceptors (Lipinski definition) is 3. The predicted molar refractivity (Wildman–Crippen MR) is 132 cm³/mol. The number of ether oxygens (including phenoxy) is 1. The topological polar surface area (TPSA) is 70.1 Å². The summed E-state index contributed by atoms with van der Waals surface area (Å²) >= 11 is 0. The third-order valence-corrected chi connectivity index (χ3v) is 14.0. The number of aliphatic hydroxyl groups is 1. The molecule has 4 heteroatoms. The van der Waals surface area contributed by atoms with Crippen LogP contribution in [0, 0.1) is 50.2 Å². The number of carboxylic acids is 1. The summed E-state index contributed by atoms with van der Waals surface area (Å²) < 4.78 is 6.95. The summed E-state index contributed by atoms with van der Waals surface area (Å²) in [5.41, 5.74) is -0.367. The second-order valence-corrected chi connectivity index (χ2v) is 15.8. The average Bonchev–Trinajstić information content (AvgIpc) is 3.47. The predicted octanol–water partition coefficient (Wildman–Crippen LogP) is 6.44. The summed E-state index contributed by atoms with van der Waals surface area (Å²) in [6.45, 7) is 16.9. The SMILES string of the molecule is CC1(C)CC[C@]2(C(=O)O)CCC3(C)C4(OC4CC4[C@@]5(C)CC[C@H](O)C(C)(C)C5CC[C@]43C)[C@@H]2C1. The van der Waals surface area contributed by atoms with Crippen LogP contribution < -0.4 is 0 Å². The van der Waals surface area contributed by atoms with Gasteiger partial charge in [-0.2, -0.15) is 0 Å². The van der Waals surface area contributed by atoms with E-state index in [9.17, 15) is 15.0 Å². The molecule has 34 heavy (non-hydrogen) atoms. The van der Waals surface area contributed by atoms with Crippen LogP contribution in [0.2, 0.25) is 0 Å². The molecule has 0 amide bonds. The van der Waals surface area contributed by atoms with Gasteiger partial charge in [0.2, 0.25) is 0 Å². The van der Waals surface area contributed by atoms with Crippen molar-refractivity contribution >= 4 is 5.97 Å². The van der Waals surface area contributed by atoms with Gasteiger partial charge in [0, 0.05) is 11.3 Å². The molecule has 1 spiro atoms. The van der Waals surface area contributed by atoms with Crippen LogP contribution in [0.1, 0.15) is 113 Å². The zero-order valence-corrected chi connectivity index (χ0v) is 22.7. The molecule has 1 aliphatic heterocycles. The summed E-state index contributed by atoms with van der Waals surface area (Å²) in [5.74, 6) is 0.666. The molecule has 0 aromatic heterocycles. The lowest BCUT2D eigenvalue weighted by molar-refractivity contribution is -0.245. The van der Waals surface area contributed by atoms with Gasteiger partial charge in [-0.25, -0.2) is 0 Å². The Morgan fingerprint density at radius 2 is 1.50 bits per heavy atom. The van der Waals surface area contributed by atoms with Crippen LogP contribution in [0.4, 0.5) is 0 Å². The largest absolute Gasteiger partial charge is 0.481 e. The van der Waals surface area contributed by atoms with Gasteiger partial charge in [0.1, 0.15) is 5.60 Å². The van der Waals surface area contributed by atoms with Gasteiger partial charge in [-0.15, -0.1) is 0 Å². The number of epoxide rings is 1. The van der Waals surface area contributed by atoms with E-state index < -0.39 is 11.4 Å². The summed E-state index contributed by atoms with van der Waals surface area (Å²) in [6, 6.07) is 0. The van der Waals surface area contributed by atoms with E-state index in [0.29, 0.717) is 11.8 Å². The van der Waals surface area contributed by atoms with Gasteiger partial charge >= 0.3 is 5.97 Å². The summed E-state index contributed by atoms with van der Waals surface area (Å²) in [4.78, 5) is 12.9. The third kappa shape index (κ3) is 2.42. The van der Waals surface area contributed by atoms with Crippen molar-refractivity contribution in [3.8, 4) is 0 Å². The molecule has 6 rings (SSSR count). The third-order valence-electron chi connectivity index (χ3n) is 14.0. The first-order valence-corrected chi connectivity index (χ1v) is 14.2. The monoisotopic (exact) mass is 472 g/mol. The minimum absolute atomic E-state index is 0.0127. The Morgan fingerprint density at radius 1 is 0.824 bits per heavy atom. The van der Waals surface area contributed by atoms with Gasteiger partial charge in [-0.05, 0) is 97.7 Å². The maximum Gasteiger partial charge on any atom is 0.310 e. The molecule has 6 aliphatic rings. The van der Waals surface area contributed by atoms with Crippen LogP contribution in [-0.4, -0.2) is 34.0 Å². The molecule has 5 aliphatic carbocycles. The quantitative estimate of drug-likeness (QED) is 0.431. The van der Waals surface area contributed by atoms with E-state index in [4.69, 9.17) is 4.74 Å². The molecule has 1 heterocycles. The summed E-state index contributed by atoms with van der Waals surface area (Å²) in [6.07, 6.45) is 10.0. The lowest BCUT2D eigenvalue weighted by Gasteiger charge is -2.72. The lowest BCUT2D eigenvalue weighted by Crippen LogP contribution is -2.71. The number of carboxylic acid groups (broad SMARTS) is 1. The van der Waals surface area contributed by atoms with E-state index in [1.54, 1.807) is 0 Å². The first kappa shape index (κ1) is 23.8. The molecule has 0 bridgehead atoms. The molecule has 1 saturated heterocycles. The molecule has 2 N–H and O–H groups in total. The van der Waals surface area contributed by atoms with Gasteiger partial charge in [0.15, 0.2) is 0 Å². The minimum Gasteiger partial charge on any atom is -0.481 e. The maximum atomic E-state index is 12.9. The van der Waals surface area contributed by atoms with E-state index >= 15 is 0 Å². The number of aliphatic carboxylic acids is 1. The van der Waals surface area contributed by atoms with Gasteiger partial charge in [0.05, 0.1) is 17.6 Å². The highest BCUT2D eigenvalue weighted by molar-refractivity contribution is 5.76. The Morgan fingerprint density at radius 3 is 2.18 bits per heavy atom. The molecule has 0 radical (unpaired) electrons. The van der Waals surface area contributed by atoms with E-state index in [2.05, 4.69) is 48.5 Å². The molecule has 0 aromatic rings. The second kappa shape index (κ2) is 6.44. The van der Waals surface area contributed by atoms with Crippen LogP contribution in [0.25, 0.3) is 0 Å². The fraction of sp³-hybridized carbons (Fsp3) is 0.967. The van der Waals surface area contributed by atoms with E-state index in [1.807, 2.05) is 0 Å². The lowest BCUT2D eigenvalue weighted by atomic mass is 9.31. The Kier molecular flexibility index (Phi) is 4.50. The van der Waals surface area contributed by atoms with Crippen molar-refractivity contribution in [2.75, 3.05) is 0 Å². The van der Waals surface area contributed by atoms with Crippen LogP contribution >= 0.6 is 0 Å². The van der Waals surface area contributed by atoms with E-state index in [-0.39, 0.29) is 50.8 Å². The Labute approximate surface area is 206 Å². The highest BCUT2D eigenvalue weighted by Crippen LogP contribution is 2.83. The number of hydrogen-bond donors (Lipinski definition) is 2. The van der Waals surface area contributed by atoms with E-state index in [1.165, 1.54) is 12.8 Å². The molecule has 0 aromatic carbocycles. The fourth-order valence-electron chi connectivity index (χ4n) is 11.8. The molecular weight excluding hydrogens is 424 g/mol. The highest BCUT2D eigenvalue weighted by Gasteiger charge is 2.85. The van der Waals surface area contributed by atoms with Crippen molar-refractivity contribution in [2.45, 2.75) is 130 Å². The van der Waals surface area contributed by atoms with Crippen molar-refractivity contribution < 1.29 is 19.7 Å². The number of fused-ring (bicyclic) bond motifs is 5. The van der Waals surface area contributed by atoms with Gasteiger partial charge in [0.25, 0.3) is 0 Å². The molecule has 5 unspecified atom stereocenters. The first-order chi connectivity index (χ1) is 15.6. The van der Waals surface area contributed by atoms with Crippen molar-refractivity contribution in [3.05, 3.63) is 0 Å². The average molecular weight is 473 g/mol. The normalized spacial score (nSPS) is 58.9. The molecule has 4 nitrogen and oxygen atoms in total. The van der Waals surface area contributed by atoms with Crippen LogP contribution in [0.3, 0.4) is 0 Å². The van der Waals surface area contributed by atoms with Crippen molar-refractivity contribution in [3.63, 3.8) is 0 Å². The first-order valence-electron chi connectivity index (χ1n) is 14.2.